The number of nitrogens with one attached hydrogen (secondary N) is 1. The Morgan fingerprint density at radius 3 is 2.80 bits per heavy atom. The molecule has 104 valence electrons. The summed E-state index contributed by atoms with van der Waals surface area (Å²) in [4.78, 5) is 28.4. The lowest BCUT2D eigenvalue weighted by atomic mass is 10.1. The van der Waals surface area contributed by atoms with E-state index in [0.29, 0.717) is 25.3 Å². The molecule has 1 amide bonds. The first-order valence-electron chi connectivity index (χ1n) is 6.69. The number of aromatic nitrogens is 1. The highest BCUT2D eigenvalue weighted by Crippen LogP contribution is 2.16. The van der Waals surface area contributed by atoms with E-state index in [0.717, 1.165) is 23.2 Å². The van der Waals surface area contributed by atoms with Gasteiger partial charge in [0.05, 0.1) is 6.26 Å². The van der Waals surface area contributed by atoms with E-state index in [4.69, 9.17) is 4.42 Å². The fraction of sp³-hybridized carbons (Fsp3) is 0.333. The third kappa shape index (κ3) is 2.27. The predicted octanol–water partition coefficient (Wildman–Crippen LogP) is 1.52. The highest BCUT2D eigenvalue weighted by molar-refractivity contribution is 5.92. The number of furan rings is 1. The van der Waals surface area contributed by atoms with Crippen LogP contribution in [0.4, 0.5) is 0 Å². The summed E-state index contributed by atoms with van der Waals surface area (Å²) in [5, 5.41) is 0. The van der Waals surface area contributed by atoms with Crippen molar-refractivity contribution in [1.82, 2.24) is 9.88 Å². The van der Waals surface area contributed by atoms with Gasteiger partial charge >= 0.3 is 0 Å². The number of hydrogen-bond donors (Lipinski definition) is 1. The Labute approximate surface area is 116 Å². The molecule has 1 N–H and O–H groups in total. The molecule has 2 aromatic heterocycles. The van der Waals surface area contributed by atoms with Crippen LogP contribution in [0.25, 0.3) is 0 Å². The minimum absolute atomic E-state index is 0.0809. The Morgan fingerprint density at radius 2 is 2.05 bits per heavy atom. The van der Waals surface area contributed by atoms with Gasteiger partial charge in [0.25, 0.3) is 5.91 Å². The lowest BCUT2D eigenvalue weighted by Crippen LogP contribution is -2.33. The lowest BCUT2D eigenvalue weighted by molar-refractivity contribution is 0.0730. The van der Waals surface area contributed by atoms with Crippen LogP contribution in [0.1, 0.15) is 27.4 Å². The van der Waals surface area contributed by atoms with E-state index in [-0.39, 0.29) is 11.5 Å². The van der Waals surface area contributed by atoms with E-state index in [1.54, 1.807) is 11.0 Å². The Kier molecular flexibility index (Phi) is 3.18. The van der Waals surface area contributed by atoms with E-state index >= 15 is 0 Å². The van der Waals surface area contributed by atoms with Gasteiger partial charge in [-0.3, -0.25) is 9.59 Å². The van der Waals surface area contributed by atoms with Crippen LogP contribution >= 0.6 is 0 Å². The SMILES string of the molecule is Cc1ccoc1C(=O)N1CCc2ccc(=O)[nH]c2CC1. The summed E-state index contributed by atoms with van der Waals surface area (Å²) in [5.74, 6) is 0.326. The summed E-state index contributed by atoms with van der Waals surface area (Å²) in [6.45, 7) is 3.09. The van der Waals surface area contributed by atoms with Crippen molar-refractivity contribution in [2.24, 2.45) is 0 Å². The molecule has 0 saturated carbocycles. The monoisotopic (exact) mass is 272 g/mol. The van der Waals surface area contributed by atoms with Crippen LogP contribution in [-0.2, 0) is 12.8 Å². The van der Waals surface area contributed by atoms with E-state index < -0.39 is 0 Å². The van der Waals surface area contributed by atoms with Gasteiger partial charge in [-0.2, -0.15) is 0 Å². The van der Waals surface area contributed by atoms with Crippen molar-refractivity contribution in [3.05, 3.63) is 57.4 Å². The van der Waals surface area contributed by atoms with Gasteiger partial charge in [0, 0.05) is 36.8 Å². The Morgan fingerprint density at radius 1 is 1.25 bits per heavy atom. The van der Waals surface area contributed by atoms with Crippen LogP contribution < -0.4 is 5.56 Å². The van der Waals surface area contributed by atoms with Gasteiger partial charge in [-0.05, 0) is 25.0 Å². The van der Waals surface area contributed by atoms with Crippen LogP contribution in [0.5, 0.6) is 0 Å². The molecule has 3 heterocycles. The van der Waals surface area contributed by atoms with E-state index in [9.17, 15) is 9.59 Å². The Hall–Kier alpha value is -2.30. The minimum Gasteiger partial charge on any atom is -0.459 e. The maximum absolute atomic E-state index is 12.4. The first-order valence-corrected chi connectivity index (χ1v) is 6.69. The van der Waals surface area contributed by atoms with Crippen molar-refractivity contribution >= 4 is 5.91 Å². The van der Waals surface area contributed by atoms with Gasteiger partial charge in [-0.15, -0.1) is 0 Å². The van der Waals surface area contributed by atoms with Gasteiger partial charge < -0.3 is 14.3 Å². The third-order valence-corrected chi connectivity index (χ3v) is 3.72. The highest BCUT2D eigenvalue weighted by atomic mass is 16.3. The summed E-state index contributed by atoms with van der Waals surface area (Å²) in [6, 6.07) is 5.17. The number of fused-ring (bicyclic) bond motifs is 1. The zero-order chi connectivity index (χ0) is 14.1. The third-order valence-electron chi connectivity index (χ3n) is 3.72. The highest BCUT2D eigenvalue weighted by Gasteiger charge is 2.23. The number of carbonyl (C=O) groups excluding carboxylic acids is 1. The van der Waals surface area contributed by atoms with Gasteiger partial charge in [-0.1, -0.05) is 6.07 Å². The fourth-order valence-corrected chi connectivity index (χ4v) is 2.56. The summed E-state index contributed by atoms with van der Waals surface area (Å²) < 4.78 is 5.27. The fourth-order valence-electron chi connectivity index (χ4n) is 2.56. The average Bonchev–Trinajstić information content (AvgIpc) is 2.74. The first-order chi connectivity index (χ1) is 9.65. The van der Waals surface area contributed by atoms with Crippen LogP contribution in [-0.4, -0.2) is 28.9 Å². The molecule has 2 aromatic rings. The number of carbonyl (C=O) groups is 1. The molecule has 0 aliphatic carbocycles. The number of H-pyrrole nitrogens is 1. The number of rotatable bonds is 1. The lowest BCUT2D eigenvalue weighted by Gasteiger charge is -2.19. The zero-order valence-corrected chi connectivity index (χ0v) is 11.3. The van der Waals surface area contributed by atoms with E-state index in [1.165, 1.54) is 12.3 Å². The predicted molar refractivity (Wildman–Crippen MR) is 73.8 cm³/mol. The molecule has 0 unspecified atom stereocenters. The number of hydrogen-bond acceptors (Lipinski definition) is 3. The van der Waals surface area contributed by atoms with Gasteiger partial charge in [-0.25, -0.2) is 0 Å². The Bertz CT molecular complexity index is 699. The van der Waals surface area contributed by atoms with Crippen molar-refractivity contribution in [1.29, 1.82) is 0 Å². The van der Waals surface area contributed by atoms with Gasteiger partial charge in [0.1, 0.15) is 0 Å². The topological polar surface area (TPSA) is 66.3 Å². The molecule has 0 bridgehead atoms. The van der Waals surface area contributed by atoms with Crippen LogP contribution in [0.15, 0.2) is 33.7 Å². The van der Waals surface area contributed by atoms with E-state index in [2.05, 4.69) is 4.98 Å². The first kappa shape index (κ1) is 12.7. The number of aryl methyl sites for hydroxylation is 1. The molecule has 0 fully saturated rings. The quantitative estimate of drug-likeness (QED) is 0.856. The average molecular weight is 272 g/mol. The number of pyridine rings is 1. The second-order valence-corrected chi connectivity index (χ2v) is 5.05. The number of nitrogens with zero attached hydrogens (tertiary/aromatic N) is 1. The van der Waals surface area contributed by atoms with E-state index in [1.807, 2.05) is 13.0 Å². The molecule has 20 heavy (non-hydrogen) atoms. The minimum atomic E-state index is -0.0922. The van der Waals surface area contributed by atoms with Crippen molar-refractivity contribution in [3.63, 3.8) is 0 Å². The molecule has 5 heteroatoms. The molecule has 0 spiro atoms. The normalized spacial score (nSPS) is 14.8. The summed E-state index contributed by atoms with van der Waals surface area (Å²) in [7, 11) is 0. The van der Waals surface area contributed by atoms with Crippen molar-refractivity contribution in [2.45, 2.75) is 19.8 Å². The molecular formula is C15H16N2O3. The standard InChI is InChI=1S/C15H16N2O3/c1-10-6-9-20-14(10)15(19)17-7-4-11-2-3-13(18)16-12(11)5-8-17/h2-3,6,9H,4-5,7-8H2,1H3,(H,16,18). The van der Waals surface area contributed by atoms with Gasteiger partial charge in [0.2, 0.25) is 5.56 Å². The molecule has 5 nitrogen and oxygen atoms in total. The van der Waals surface area contributed by atoms with Crippen LogP contribution in [0.3, 0.4) is 0 Å². The maximum Gasteiger partial charge on any atom is 0.289 e. The number of amides is 1. The summed E-state index contributed by atoms with van der Waals surface area (Å²) in [5.41, 5.74) is 2.80. The van der Waals surface area contributed by atoms with Crippen molar-refractivity contribution in [3.8, 4) is 0 Å². The smallest absolute Gasteiger partial charge is 0.289 e. The van der Waals surface area contributed by atoms with Crippen molar-refractivity contribution in [2.75, 3.05) is 13.1 Å². The Balaban J connectivity index is 1.81. The second kappa shape index (κ2) is 5.00. The molecule has 1 aliphatic rings. The molecule has 1 aliphatic heterocycles. The number of aromatic amines is 1. The molecule has 3 rings (SSSR count). The molecular weight excluding hydrogens is 256 g/mol. The zero-order valence-electron chi connectivity index (χ0n) is 11.3. The molecule has 0 aromatic carbocycles. The molecule has 0 saturated heterocycles. The molecule has 0 atom stereocenters. The summed E-state index contributed by atoms with van der Waals surface area (Å²) in [6.07, 6.45) is 2.95. The summed E-state index contributed by atoms with van der Waals surface area (Å²) >= 11 is 0. The maximum atomic E-state index is 12.4. The molecule has 0 radical (unpaired) electrons. The van der Waals surface area contributed by atoms with Crippen molar-refractivity contribution < 1.29 is 9.21 Å². The largest absolute Gasteiger partial charge is 0.459 e. The van der Waals surface area contributed by atoms with Crippen LogP contribution in [0.2, 0.25) is 0 Å². The van der Waals surface area contributed by atoms with Gasteiger partial charge in [0.15, 0.2) is 5.76 Å². The second-order valence-electron chi connectivity index (χ2n) is 5.05. The van der Waals surface area contributed by atoms with Crippen LogP contribution in [0, 0.1) is 6.92 Å².